The Bertz CT molecular complexity index is 1610. The fourth-order valence-electron chi connectivity index (χ4n) is 7.54. The standard InChI is InChI=1S/C32H34NO12/c1-13-29-17(33-8-9-42-31(41-4)30(33)45-29)10-20(43-13)44-19-12-32(39,14(2)34)11-16-22(19)28(38)24-23(26(16)36)25(35)15-6-5-7-18(40-3)21(15)27(24)37/h5-7,13,17,19-20,29-31,36,38-39H,2,8-12H2,1,3-4H3/t13-,17-,19-,20-,29+,30+,31-,32-/m0/s1. The highest BCUT2D eigenvalue weighted by molar-refractivity contribution is 6.31. The molecule has 0 bridgehead atoms. The van der Waals surface area contributed by atoms with Gasteiger partial charge in [-0.2, -0.15) is 0 Å². The summed E-state index contributed by atoms with van der Waals surface area (Å²) in [6.07, 6.45) is -4.38. The number of ketones is 3. The number of hydrogen-bond acceptors (Lipinski definition) is 13. The van der Waals surface area contributed by atoms with Crippen LogP contribution >= 0.6 is 0 Å². The van der Waals surface area contributed by atoms with Crippen LogP contribution in [0.1, 0.15) is 68.8 Å². The van der Waals surface area contributed by atoms with Crippen molar-refractivity contribution in [2.24, 2.45) is 0 Å². The number of phenolic OH excluding ortho intramolecular Hbond substituents is 2. The largest absolute Gasteiger partial charge is 0.507 e. The SMILES string of the molecule is [CH2]C(=O)[C@]1(O)Cc2c(O)c3c(c(O)c2[C@@H](O[C@H]2C[C@H]4[C@H](O[C@@H]5[C@@H](OC)OCCN54)[C@H](C)O2)C1)C(=O)c1c(OC)cccc1C3=O. The van der Waals surface area contributed by atoms with Crippen molar-refractivity contribution in [3.8, 4) is 17.2 Å². The maximum atomic E-state index is 13.9. The molecule has 0 aromatic heterocycles. The summed E-state index contributed by atoms with van der Waals surface area (Å²) in [7, 11) is 2.90. The Hall–Kier alpha value is -3.43. The zero-order valence-corrected chi connectivity index (χ0v) is 25.0. The lowest BCUT2D eigenvalue weighted by Crippen LogP contribution is -2.55. The number of aliphatic hydroxyl groups is 1. The van der Waals surface area contributed by atoms with E-state index in [4.69, 9.17) is 28.4 Å². The Morgan fingerprint density at radius 2 is 1.84 bits per heavy atom. The number of Topliss-reactive ketones (excluding diaryl/α,β-unsaturated/α-hetero) is 1. The molecule has 7 rings (SSSR count). The first kappa shape index (κ1) is 30.2. The van der Waals surface area contributed by atoms with Crippen LogP contribution in [0.5, 0.6) is 17.2 Å². The molecule has 3 N–H and O–H groups in total. The van der Waals surface area contributed by atoms with Gasteiger partial charge in [0, 0.05) is 62.6 Å². The first-order valence-corrected chi connectivity index (χ1v) is 14.8. The number of methoxy groups -OCH3 is 2. The monoisotopic (exact) mass is 624 g/mol. The molecular formula is C32H34NO12. The van der Waals surface area contributed by atoms with Crippen LogP contribution in [0.3, 0.4) is 0 Å². The maximum absolute atomic E-state index is 13.9. The van der Waals surface area contributed by atoms with Crippen molar-refractivity contribution >= 4 is 17.3 Å². The second kappa shape index (κ2) is 10.8. The minimum absolute atomic E-state index is 0.0105. The fraction of sp³-hybridized carbons (Fsp3) is 0.500. The Morgan fingerprint density at radius 3 is 2.56 bits per heavy atom. The van der Waals surface area contributed by atoms with Gasteiger partial charge in [0.15, 0.2) is 30.4 Å². The molecular weight excluding hydrogens is 590 g/mol. The van der Waals surface area contributed by atoms with Crippen molar-refractivity contribution in [1.29, 1.82) is 0 Å². The van der Waals surface area contributed by atoms with E-state index in [1.54, 1.807) is 7.11 Å². The molecule has 2 aromatic rings. The van der Waals surface area contributed by atoms with Crippen molar-refractivity contribution in [3.63, 3.8) is 0 Å². The molecule has 0 spiro atoms. The molecule has 239 valence electrons. The van der Waals surface area contributed by atoms with Crippen LogP contribution < -0.4 is 4.74 Å². The molecule has 13 nitrogen and oxygen atoms in total. The molecule has 3 aliphatic heterocycles. The number of nitrogens with zero attached hydrogens (tertiary/aromatic N) is 1. The van der Waals surface area contributed by atoms with Crippen LogP contribution in [-0.2, 0) is 34.9 Å². The summed E-state index contributed by atoms with van der Waals surface area (Å²) in [6, 6.07) is 4.34. The third kappa shape index (κ3) is 4.44. The van der Waals surface area contributed by atoms with Gasteiger partial charge in [-0.3, -0.25) is 19.3 Å². The van der Waals surface area contributed by atoms with E-state index in [0.717, 1.165) is 0 Å². The van der Waals surface area contributed by atoms with Crippen molar-refractivity contribution in [1.82, 2.24) is 4.90 Å². The lowest BCUT2D eigenvalue weighted by atomic mass is 9.72. The molecule has 0 unspecified atom stereocenters. The van der Waals surface area contributed by atoms with Gasteiger partial charge in [-0.15, -0.1) is 0 Å². The summed E-state index contributed by atoms with van der Waals surface area (Å²) in [5.41, 5.74) is -3.08. The van der Waals surface area contributed by atoms with Gasteiger partial charge in [0.1, 0.15) is 29.0 Å². The molecule has 0 saturated carbocycles. The van der Waals surface area contributed by atoms with Crippen LogP contribution in [0.2, 0.25) is 0 Å². The zero-order chi connectivity index (χ0) is 31.9. The number of rotatable bonds is 5. The third-order valence-corrected chi connectivity index (χ3v) is 9.70. The molecule has 2 aliphatic carbocycles. The lowest BCUT2D eigenvalue weighted by molar-refractivity contribution is -0.256. The number of phenols is 2. The number of benzene rings is 2. The number of fused-ring (bicyclic) bond motifs is 6. The Morgan fingerprint density at radius 1 is 1.09 bits per heavy atom. The summed E-state index contributed by atoms with van der Waals surface area (Å²) < 4.78 is 35.4. The van der Waals surface area contributed by atoms with E-state index in [1.807, 2.05) is 6.92 Å². The van der Waals surface area contributed by atoms with Crippen LogP contribution in [0.25, 0.3) is 0 Å². The second-order valence-electron chi connectivity index (χ2n) is 12.1. The number of carbonyl (C=O) groups is 3. The molecule has 3 fully saturated rings. The second-order valence-corrected chi connectivity index (χ2v) is 12.1. The lowest BCUT2D eigenvalue weighted by Gasteiger charge is -2.43. The Balaban J connectivity index is 1.29. The Labute approximate surface area is 258 Å². The van der Waals surface area contributed by atoms with Crippen LogP contribution in [-0.4, -0.2) is 108 Å². The van der Waals surface area contributed by atoms with Gasteiger partial charge in [0.2, 0.25) is 5.78 Å². The number of morpholine rings is 1. The summed E-state index contributed by atoms with van der Waals surface area (Å²) in [4.78, 5) is 42.3. The van der Waals surface area contributed by atoms with E-state index in [9.17, 15) is 29.7 Å². The number of ether oxygens (including phenoxy) is 6. The predicted octanol–water partition coefficient (Wildman–Crippen LogP) is 1.55. The summed E-state index contributed by atoms with van der Waals surface area (Å²) in [5, 5.41) is 34.7. The molecule has 1 radical (unpaired) electrons. The smallest absolute Gasteiger partial charge is 0.202 e. The quantitative estimate of drug-likeness (QED) is 0.350. The van der Waals surface area contributed by atoms with Gasteiger partial charge in [-0.05, 0) is 13.0 Å². The molecule has 8 atom stereocenters. The van der Waals surface area contributed by atoms with E-state index < -0.39 is 83.0 Å². The number of hydrogen-bond donors (Lipinski definition) is 3. The average molecular weight is 625 g/mol. The van der Waals surface area contributed by atoms with Gasteiger partial charge >= 0.3 is 0 Å². The van der Waals surface area contributed by atoms with Crippen molar-refractivity contribution in [2.75, 3.05) is 27.4 Å². The van der Waals surface area contributed by atoms with Gasteiger partial charge in [-0.1, -0.05) is 12.1 Å². The van der Waals surface area contributed by atoms with Crippen LogP contribution in [0.4, 0.5) is 0 Å². The molecule has 45 heavy (non-hydrogen) atoms. The predicted molar refractivity (Wildman–Crippen MR) is 152 cm³/mol. The first-order valence-electron chi connectivity index (χ1n) is 14.8. The zero-order valence-electron chi connectivity index (χ0n) is 25.0. The summed E-state index contributed by atoms with van der Waals surface area (Å²) >= 11 is 0. The van der Waals surface area contributed by atoms with Gasteiger partial charge in [0.05, 0.1) is 42.6 Å². The van der Waals surface area contributed by atoms with Gasteiger partial charge in [0.25, 0.3) is 0 Å². The van der Waals surface area contributed by atoms with Crippen molar-refractivity contribution < 1.29 is 58.1 Å². The molecule has 13 heteroatoms. The number of carbonyl (C=O) groups excluding carboxylic acids is 3. The molecule has 3 saturated heterocycles. The minimum Gasteiger partial charge on any atom is -0.507 e. The average Bonchev–Trinajstić information content (AvgIpc) is 3.40. The molecule has 5 aliphatic rings. The van der Waals surface area contributed by atoms with E-state index in [0.29, 0.717) is 19.6 Å². The van der Waals surface area contributed by atoms with Crippen molar-refractivity contribution in [3.05, 3.63) is 58.5 Å². The normalized spacial score (nSPS) is 33.9. The van der Waals surface area contributed by atoms with E-state index in [-0.39, 0.29) is 46.6 Å². The van der Waals surface area contributed by atoms with E-state index >= 15 is 0 Å². The summed E-state index contributed by atoms with van der Waals surface area (Å²) in [6.45, 7) is 6.29. The minimum atomic E-state index is -2.10. The van der Waals surface area contributed by atoms with Crippen LogP contribution in [0.15, 0.2) is 18.2 Å². The highest BCUT2D eigenvalue weighted by Gasteiger charge is 2.55. The third-order valence-electron chi connectivity index (χ3n) is 9.70. The maximum Gasteiger partial charge on any atom is 0.202 e. The van der Waals surface area contributed by atoms with E-state index in [2.05, 4.69) is 11.8 Å². The topological polar surface area (TPSA) is 171 Å². The highest BCUT2D eigenvalue weighted by atomic mass is 16.7. The van der Waals surface area contributed by atoms with Crippen LogP contribution in [0, 0.1) is 6.92 Å². The molecule has 3 heterocycles. The number of aromatic hydroxyl groups is 2. The molecule has 0 amide bonds. The first-order chi connectivity index (χ1) is 21.5. The fourth-order valence-corrected chi connectivity index (χ4v) is 7.54. The summed E-state index contributed by atoms with van der Waals surface area (Å²) in [5.74, 6) is -3.35. The molecule has 2 aromatic carbocycles. The highest BCUT2D eigenvalue weighted by Crippen LogP contribution is 2.53. The van der Waals surface area contributed by atoms with Gasteiger partial charge in [-0.25, -0.2) is 0 Å². The van der Waals surface area contributed by atoms with Gasteiger partial charge < -0.3 is 43.7 Å². The van der Waals surface area contributed by atoms with E-state index in [1.165, 1.54) is 25.3 Å². The van der Waals surface area contributed by atoms with Crippen molar-refractivity contribution in [2.45, 2.75) is 74.9 Å². The Kier molecular flexibility index (Phi) is 7.28.